The van der Waals surface area contributed by atoms with Crippen LogP contribution in [0.4, 0.5) is 10.5 Å². The van der Waals surface area contributed by atoms with Gasteiger partial charge in [-0.1, -0.05) is 12.5 Å². The SMILES string of the molecule is NS(=O)(=O)c1cccc(NC(=O)NCC2(CO)CCC2)c1. The molecule has 1 fully saturated rings. The molecule has 116 valence electrons. The molecule has 0 heterocycles. The predicted octanol–water partition coefficient (Wildman–Crippen LogP) is 0.618. The zero-order chi connectivity index (χ0) is 15.5. The third-order valence-corrected chi connectivity index (χ3v) is 4.71. The molecular formula is C13H19N3O4S. The summed E-state index contributed by atoms with van der Waals surface area (Å²) in [4.78, 5) is 11.7. The Morgan fingerprint density at radius 1 is 1.38 bits per heavy atom. The van der Waals surface area contributed by atoms with E-state index in [2.05, 4.69) is 10.6 Å². The van der Waals surface area contributed by atoms with Crippen LogP contribution in [0.1, 0.15) is 19.3 Å². The van der Waals surface area contributed by atoms with Gasteiger partial charge in [0.2, 0.25) is 10.0 Å². The second-order valence-corrected chi connectivity index (χ2v) is 6.95. The van der Waals surface area contributed by atoms with Gasteiger partial charge < -0.3 is 15.7 Å². The van der Waals surface area contributed by atoms with Gasteiger partial charge in [0.1, 0.15) is 0 Å². The fourth-order valence-electron chi connectivity index (χ4n) is 2.26. The van der Waals surface area contributed by atoms with Crippen molar-refractivity contribution in [2.75, 3.05) is 18.5 Å². The van der Waals surface area contributed by atoms with E-state index in [4.69, 9.17) is 5.14 Å². The molecule has 0 atom stereocenters. The first-order chi connectivity index (χ1) is 9.85. The number of carbonyl (C=O) groups excluding carboxylic acids is 1. The van der Waals surface area contributed by atoms with Crippen molar-refractivity contribution in [2.24, 2.45) is 10.6 Å². The molecule has 1 aliphatic rings. The quantitative estimate of drug-likeness (QED) is 0.636. The van der Waals surface area contributed by atoms with Crippen LogP contribution in [0.15, 0.2) is 29.2 Å². The van der Waals surface area contributed by atoms with E-state index in [1.165, 1.54) is 18.2 Å². The van der Waals surface area contributed by atoms with Gasteiger partial charge in [-0.15, -0.1) is 0 Å². The first-order valence-corrected chi connectivity index (χ1v) is 8.18. The number of amides is 2. The zero-order valence-electron chi connectivity index (χ0n) is 11.5. The maximum absolute atomic E-state index is 11.8. The molecule has 2 rings (SSSR count). The Hall–Kier alpha value is -1.64. The molecule has 2 amide bonds. The van der Waals surface area contributed by atoms with Crippen molar-refractivity contribution < 1.29 is 18.3 Å². The first kappa shape index (κ1) is 15.7. The van der Waals surface area contributed by atoms with Crippen molar-refractivity contribution in [3.05, 3.63) is 24.3 Å². The van der Waals surface area contributed by atoms with Crippen LogP contribution in [0, 0.1) is 5.41 Å². The fourth-order valence-corrected chi connectivity index (χ4v) is 2.82. The van der Waals surface area contributed by atoms with Crippen LogP contribution in [0.2, 0.25) is 0 Å². The molecule has 8 heteroatoms. The summed E-state index contributed by atoms with van der Waals surface area (Å²) in [7, 11) is -3.80. The number of rotatable bonds is 5. The van der Waals surface area contributed by atoms with Crippen LogP contribution in [0.5, 0.6) is 0 Å². The molecule has 1 aromatic carbocycles. The fraction of sp³-hybridized carbons (Fsp3) is 0.462. The zero-order valence-corrected chi connectivity index (χ0v) is 12.3. The third kappa shape index (κ3) is 3.93. The van der Waals surface area contributed by atoms with Gasteiger partial charge in [-0.25, -0.2) is 18.4 Å². The molecular weight excluding hydrogens is 294 g/mol. The van der Waals surface area contributed by atoms with Crippen LogP contribution in [0.25, 0.3) is 0 Å². The highest BCUT2D eigenvalue weighted by Gasteiger charge is 2.36. The molecule has 0 bridgehead atoms. The van der Waals surface area contributed by atoms with Crippen LogP contribution < -0.4 is 15.8 Å². The Morgan fingerprint density at radius 2 is 2.10 bits per heavy atom. The third-order valence-electron chi connectivity index (χ3n) is 3.79. The van der Waals surface area contributed by atoms with Crippen LogP contribution in [-0.4, -0.2) is 32.7 Å². The van der Waals surface area contributed by atoms with E-state index in [-0.39, 0.29) is 16.9 Å². The molecule has 0 saturated heterocycles. The van der Waals surface area contributed by atoms with Crippen molar-refractivity contribution in [1.29, 1.82) is 0 Å². The van der Waals surface area contributed by atoms with Gasteiger partial charge in [-0.3, -0.25) is 0 Å². The molecule has 1 aromatic rings. The average molecular weight is 313 g/mol. The summed E-state index contributed by atoms with van der Waals surface area (Å²) < 4.78 is 22.5. The standard InChI is InChI=1S/C13H19N3O4S/c14-21(19,20)11-4-1-3-10(7-11)16-12(18)15-8-13(9-17)5-2-6-13/h1,3-4,7,17H,2,5-6,8-9H2,(H2,14,19,20)(H2,15,16,18). The minimum Gasteiger partial charge on any atom is -0.396 e. The summed E-state index contributed by atoms with van der Waals surface area (Å²) in [6, 6.07) is 5.27. The van der Waals surface area contributed by atoms with Crippen molar-refractivity contribution in [1.82, 2.24) is 5.32 Å². The van der Waals surface area contributed by atoms with E-state index in [1.54, 1.807) is 6.07 Å². The number of sulfonamides is 1. The number of aliphatic hydroxyl groups is 1. The van der Waals surface area contributed by atoms with Crippen molar-refractivity contribution in [3.8, 4) is 0 Å². The maximum Gasteiger partial charge on any atom is 0.319 e. The summed E-state index contributed by atoms with van der Waals surface area (Å²) in [6.45, 7) is 0.443. The number of hydrogen-bond acceptors (Lipinski definition) is 4. The highest BCUT2D eigenvalue weighted by Crippen LogP contribution is 2.39. The van der Waals surface area contributed by atoms with E-state index >= 15 is 0 Å². The van der Waals surface area contributed by atoms with Gasteiger partial charge in [0.15, 0.2) is 0 Å². The summed E-state index contributed by atoms with van der Waals surface area (Å²) in [5, 5.41) is 19.6. The second kappa shape index (κ2) is 6.00. The lowest BCUT2D eigenvalue weighted by Crippen LogP contribution is -2.45. The number of nitrogens with one attached hydrogen (secondary N) is 2. The summed E-state index contributed by atoms with van der Waals surface area (Å²) in [5.41, 5.74) is 0.130. The largest absolute Gasteiger partial charge is 0.396 e. The highest BCUT2D eigenvalue weighted by atomic mass is 32.2. The second-order valence-electron chi connectivity index (χ2n) is 5.39. The number of urea groups is 1. The molecule has 7 nitrogen and oxygen atoms in total. The molecule has 1 saturated carbocycles. The minimum atomic E-state index is -3.80. The van der Waals surface area contributed by atoms with E-state index in [9.17, 15) is 18.3 Å². The average Bonchev–Trinajstić information content (AvgIpc) is 2.37. The maximum atomic E-state index is 11.8. The Kier molecular flexibility index (Phi) is 4.50. The molecule has 5 N–H and O–H groups in total. The van der Waals surface area contributed by atoms with Crippen molar-refractivity contribution in [3.63, 3.8) is 0 Å². The summed E-state index contributed by atoms with van der Waals surface area (Å²) >= 11 is 0. The molecule has 0 aliphatic heterocycles. The first-order valence-electron chi connectivity index (χ1n) is 6.63. The Balaban J connectivity index is 1.94. The molecule has 0 radical (unpaired) electrons. The van der Waals surface area contributed by atoms with Gasteiger partial charge in [0.25, 0.3) is 0 Å². The molecule has 0 spiro atoms. The number of aliphatic hydroxyl groups excluding tert-OH is 1. The highest BCUT2D eigenvalue weighted by molar-refractivity contribution is 7.89. The Labute approximate surface area is 123 Å². The van der Waals surface area contributed by atoms with Gasteiger partial charge in [-0.2, -0.15) is 0 Å². The minimum absolute atomic E-state index is 0.0498. The smallest absolute Gasteiger partial charge is 0.319 e. The number of hydrogen-bond donors (Lipinski definition) is 4. The monoisotopic (exact) mass is 313 g/mol. The predicted molar refractivity (Wildman–Crippen MR) is 78.2 cm³/mol. The van der Waals surface area contributed by atoms with Crippen molar-refractivity contribution >= 4 is 21.7 Å². The summed E-state index contributed by atoms with van der Waals surface area (Å²) in [5.74, 6) is 0. The van der Waals surface area contributed by atoms with E-state index < -0.39 is 16.1 Å². The topological polar surface area (TPSA) is 122 Å². The Morgan fingerprint density at radius 3 is 2.62 bits per heavy atom. The van der Waals surface area contributed by atoms with E-state index in [0.717, 1.165) is 19.3 Å². The van der Waals surface area contributed by atoms with E-state index in [1.807, 2.05) is 0 Å². The van der Waals surface area contributed by atoms with E-state index in [0.29, 0.717) is 12.2 Å². The number of primary sulfonamides is 1. The summed E-state index contributed by atoms with van der Waals surface area (Å²) in [6.07, 6.45) is 2.84. The van der Waals surface area contributed by atoms with Gasteiger partial charge >= 0.3 is 6.03 Å². The van der Waals surface area contributed by atoms with Gasteiger partial charge in [-0.05, 0) is 31.0 Å². The molecule has 1 aliphatic carbocycles. The number of nitrogens with two attached hydrogens (primary N) is 1. The lowest BCUT2D eigenvalue weighted by molar-refractivity contribution is 0.0476. The van der Waals surface area contributed by atoms with Crippen LogP contribution >= 0.6 is 0 Å². The number of carbonyl (C=O) groups is 1. The lowest BCUT2D eigenvalue weighted by Gasteiger charge is -2.40. The van der Waals surface area contributed by atoms with Gasteiger partial charge in [0, 0.05) is 17.6 Å². The van der Waals surface area contributed by atoms with Gasteiger partial charge in [0.05, 0.1) is 11.5 Å². The van der Waals surface area contributed by atoms with Crippen LogP contribution in [-0.2, 0) is 10.0 Å². The lowest BCUT2D eigenvalue weighted by atomic mass is 9.69. The molecule has 0 unspecified atom stereocenters. The van der Waals surface area contributed by atoms with Crippen molar-refractivity contribution in [2.45, 2.75) is 24.2 Å². The van der Waals surface area contributed by atoms with Crippen LogP contribution in [0.3, 0.4) is 0 Å². The molecule has 21 heavy (non-hydrogen) atoms. The number of anilines is 1. The normalized spacial score (nSPS) is 16.9. The Bertz CT molecular complexity index is 621. The number of benzene rings is 1. The molecule has 0 aromatic heterocycles.